The summed E-state index contributed by atoms with van der Waals surface area (Å²) in [6.45, 7) is 1.09. The normalized spacial score (nSPS) is 18.6. The summed E-state index contributed by atoms with van der Waals surface area (Å²) < 4.78 is 28.7. The number of ether oxygens (including phenoxy) is 2. The molecule has 2 aliphatic heterocycles. The number of aromatic nitrogens is 2. The lowest BCUT2D eigenvalue weighted by Gasteiger charge is -2.51. The molecule has 8 nitrogen and oxygen atoms in total. The number of hydrogen-bond donors (Lipinski definition) is 0. The minimum atomic E-state index is -0.489. The Bertz CT molecular complexity index is 1940. The molecule has 43 heavy (non-hydrogen) atoms. The van der Waals surface area contributed by atoms with Gasteiger partial charge in [0.1, 0.15) is 18.6 Å². The largest absolute Gasteiger partial charge is 0.482 e. The number of carbonyl (C=O) groups is 1. The van der Waals surface area contributed by atoms with Crippen LogP contribution >= 0.6 is 11.3 Å². The predicted molar refractivity (Wildman–Crippen MR) is 160 cm³/mol. The molecule has 1 amide bonds. The van der Waals surface area contributed by atoms with Gasteiger partial charge in [-0.15, -0.1) is 11.3 Å². The molecule has 5 heterocycles. The van der Waals surface area contributed by atoms with Gasteiger partial charge in [-0.2, -0.15) is 0 Å². The maximum Gasteiger partial charge on any atom is 0.278 e. The Labute approximate surface area is 250 Å². The van der Waals surface area contributed by atoms with E-state index in [1.807, 2.05) is 29.6 Å². The van der Waals surface area contributed by atoms with Crippen molar-refractivity contribution in [3.05, 3.63) is 129 Å². The molecule has 10 heteroatoms. The highest BCUT2D eigenvalue weighted by molar-refractivity contribution is 7.14. The molecule has 0 radical (unpaired) electrons. The van der Waals surface area contributed by atoms with Crippen LogP contribution in [0.3, 0.4) is 0 Å². The Morgan fingerprint density at radius 1 is 0.977 bits per heavy atom. The van der Waals surface area contributed by atoms with Gasteiger partial charge in [0.25, 0.3) is 5.91 Å². The fourth-order valence-electron chi connectivity index (χ4n) is 6.42. The molecule has 2 aromatic carbocycles. The zero-order chi connectivity index (χ0) is 29.1. The summed E-state index contributed by atoms with van der Waals surface area (Å²) >= 11 is 1.61. The first-order chi connectivity index (χ1) is 21.1. The number of pyridine rings is 2. The molecular weight excluding hydrogens is 567 g/mol. The van der Waals surface area contributed by atoms with Crippen molar-refractivity contribution in [1.29, 1.82) is 0 Å². The van der Waals surface area contributed by atoms with Crippen LogP contribution in [0.5, 0.6) is 5.75 Å². The summed E-state index contributed by atoms with van der Waals surface area (Å²) in [5.74, 6) is -0.639. The van der Waals surface area contributed by atoms with Gasteiger partial charge < -0.3 is 14.4 Å². The highest BCUT2D eigenvalue weighted by Gasteiger charge is 2.46. The summed E-state index contributed by atoms with van der Waals surface area (Å²) in [5, 5.41) is 4.11. The number of rotatable bonds is 4. The number of benzene rings is 2. The second kappa shape index (κ2) is 10.2. The number of nitrogens with zero attached hydrogens (tertiary/aromatic N) is 4. The third kappa shape index (κ3) is 4.09. The lowest BCUT2D eigenvalue weighted by molar-refractivity contribution is -0.0197. The average Bonchev–Trinajstić information content (AvgIpc) is 3.50. The summed E-state index contributed by atoms with van der Waals surface area (Å²) in [6, 6.07) is 19.6. The first kappa shape index (κ1) is 25.9. The van der Waals surface area contributed by atoms with E-state index in [2.05, 4.69) is 22.1 Å². The van der Waals surface area contributed by atoms with E-state index < -0.39 is 12.2 Å². The molecule has 0 bridgehead atoms. The molecule has 8 rings (SSSR count). The molecule has 2 atom stereocenters. The SMILES string of the molecule is O=C1c2c(OCc3ccncc3)c(=O)ccn2N(C2c3ccc(F)cc3-c3ccsc3-c3ccccc32)[C@@H]2COCCN12. The van der Waals surface area contributed by atoms with Crippen molar-refractivity contribution in [3.63, 3.8) is 0 Å². The molecular formula is C33H25FN4O4S. The van der Waals surface area contributed by atoms with E-state index in [0.717, 1.165) is 38.3 Å². The average molecular weight is 593 g/mol. The molecule has 1 unspecified atom stereocenters. The van der Waals surface area contributed by atoms with Crippen LogP contribution in [-0.2, 0) is 11.3 Å². The van der Waals surface area contributed by atoms with Gasteiger partial charge >= 0.3 is 0 Å². The summed E-state index contributed by atoms with van der Waals surface area (Å²) in [6.07, 6.45) is 4.45. The fraction of sp³-hybridized carbons (Fsp3) is 0.182. The van der Waals surface area contributed by atoms with Crippen molar-refractivity contribution in [2.45, 2.75) is 18.8 Å². The van der Waals surface area contributed by atoms with Gasteiger partial charge in [0.15, 0.2) is 11.4 Å². The quantitative estimate of drug-likeness (QED) is 0.285. The van der Waals surface area contributed by atoms with Crippen LogP contribution in [0.15, 0.2) is 95.5 Å². The molecule has 0 spiro atoms. The molecule has 0 saturated carbocycles. The Morgan fingerprint density at radius 3 is 2.70 bits per heavy atom. The molecule has 1 fully saturated rings. The van der Waals surface area contributed by atoms with Crippen molar-refractivity contribution in [2.75, 3.05) is 24.8 Å². The van der Waals surface area contributed by atoms with Gasteiger partial charge in [-0.1, -0.05) is 30.3 Å². The van der Waals surface area contributed by atoms with Crippen LogP contribution in [0.25, 0.3) is 21.6 Å². The van der Waals surface area contributed by atoms with Crippen molar-refractivity contribution in [1.82, 2.24) is 14.6 Å². The number of amides is 1. The van der Waals surface area contributed by atoms with E-state index in [4.69, 9.17) is 9.47 Å². The lowest BCUT2D eigenvalue weighted by Crippen LogP contribution is -2.66. The molecule has 3 aromatic heterocycles. The Morgan fingerprint density at radius 2 is 1.81 bits per heavy atom. The van der Waals surface area contributed by atoms with Crippen LogP contribution in [0, 0.1) is 5.82 Å². The number of fused-ring (bicyclic) bond motifs is 7. The topological polar surface area (TPSA) is 76.9 Å². The van der Waals surface area contributed by atoms with Crippen molar-refractivity contribution in [3.8, 4) is 27.3 Å². The second-order valence-corrected chi connectivity index (χ2v) is 11.6. The van der Waals surface area contributed by atoms with E-state index in [1.54, 1.807) is 57.7 Å². The van der Waals surface area contributed by atoms with Crippen LogP contribution < -0.4 is 15.2 Å². The standard InChI is InChI=1S/C33H25FN4O4S/c34-21-5-6-23-26(17-21)25-10-16-43-32(25)24-4-2-1-3-22(24)29(23)38-28-19-41-15-14-36(28)33(40)30-31(27(39)9-13-37(30)38)42-18-20-7-11-35-12-8-20/h1-13,16-17,28-29H,14-15,18-19H2/t28-,29?/m1/s1. The number of halogens is 1. The third-order valence-electron chi connectivity index (χ3n) is 8.32. The highest BCUT2D eigenvalue weighted by atomic mass is 32.1. The maximum atomic E-state index is 14.9. The molecule has 3 aliphatic rings. The van der Waals surface area contributed by atoms with Gasteiger partial charge in [0, 0.05) is 41.6 Å². The lowest BCUT2D eigenvalue weighted by atomic mass is 9.92. The Hall–Kier alpha value is -4.80. The second-order valence-electron chi connectivity index (χ2n) is 10.7. The minimum Gasteiger partial charge on any atom is -0.482 e. The van der Waals surface area contributed by atoms with E-state index in [9.17, 15) is 14.0 Å². The monoisotopic (exact) mass is 592 g/mol. The van der Waals surface area contributed by atoms with Crippen molar-refractivity contribution in [2.24, 2.45) is 0 Å². The summed E-state index contributed by atoms with van der Waals surface area (Å²) in [7, 11) is 0. The smallest absolute Gasteiger partial charge is 0.278 e. The fourth-order valence-corrected chi connectivity index (χ4v) is 7.38. The van der Waals surface area contributed by atoms with Crippen LogP contribution in [0.2, 0.25) is 0 Å². The highest BCUT2D eigenvalue weighted by Crippen LogP contribution is 2.50. The molecule has 5 aromatic rings. The van der Waals surface area contributed by atoms with E-state index in [0.29, 0.717) is 13.2 Å². The van der Waals surface area contributed by atoms with E-state index in [-0.39, 0.29) is 41.8 Å². The summed E-state index contributed by atoms with van der Waals surface area (Å²) in [4.78, 5) is 34.3. The van der Waals surface area contributed by atoms with E-state index in [1.165, 1.54) is 12.1 Å². The van der Waals surface area contributed by atoms with Crippen LogP contribution in [0.1, 0.15) is 33.2 Å². The van der Waals surface area contributed by atoms with Gasteiger partial charge in [0.05, 0.1) is 19.3 Å². The minimum absolute atomic E-state index is 0.0143. The van der Waals surface area contributed by atoms with Gasteiger partial charge in [-0.3, -0.25) is 24.3 Å². The number of carbonyl (C=O) groups excluding carboxylic acids is 1. The van der Waals surface area contributed by atoms with Crippen LogP contribution in [0.4, 0.5) is 4.39 Å². The molecule has 1 saturated heterocycles. The Balaban J connectivity index is 1.37. The van der Waals surface area contributed by atoms with Gasteiger partial charge in [-0.05, 0) is 63.5 Å². The van der Waals surface area contributed by atoms with Crippen molar-refractivity contribution < 1.29 is 18.7 Å². The first-order valence-electron chi connectivity index (χ1n) is 14.0. The zero-order valence-corrected chi connectivity index (χ0v) is 23.7. The number of hydrogen-bond acceptors (Lipinski definition) is 7. The maximum absolute atomic E-state index is 14.9. The third-order valence-corrected chi connectivity index (χ3v) is 9.27. The number of thiophene rings is 1. The zero-order valence-electron chi connectivity index (χ0n) is 22.9. The van der Waals surface area contributed by atoms with Crippen molar-refractivity contribution >= 4 is 17.2 Å². The predicted octanol–water partition coefficient (Wildman–Crippen LogP) is 5.21. The van der Waals surface area contributed by atoms with Gasteiger partial charge in [0.2, 0.25) is 5.43 Å². The first-order valence-corrected chi connectivity index (χ1v) is 14.9. The van der Waals surface area contributed by atoms with Gasteiger partial charge in [-0.25, -0.2) is 4.39 Å². The Kier molecular flexibility index (Phi) is 6.13. The molecule has 1 aliphatic carbocycles. The molecule has 0 N–H and O–H groups in total. The molecule has 214 valence electrons. The van der Waals surface area contributed by atoms with E-state index >= 15 is 0 Å². The van der Waals surface area contributed by atoms with Crippen LogP contribution in [-0.4, -0.2) is 46.4 Å². The summed E-state index contributed by atoms with van der Waals surface area (Å²) in [5.41, 5.74) is 5.25. The number of morpholine rings is 1.